The molecule has 9 rings (SSSR count). The number of ether oxygens (including phenoxy) is 3. The summed E-state index contributed by atoms with van der Waals surface area (Å²) in [7, 11) is -9.16. The number of phosphoric acid groups is 2. The van der Waals surface area contributed by atoms with E-state index in [0.29, 0.717) is 12.0 Å². The molecule has 0 spiro atoms. The minimum atomic E-state index is -5.49. The Morgan fingerprint density at radius 3 is 2.39 bits per heavy atom. The minimum absolute atomic E-state index is 0.0144. The highest BCUT2D eigenvalue weighted by Crippen LogP contribution is 2.58. The van der Waals surface area contributed by atoms with Crippen LogP contribution in [0, 0.1) is 0 Å². The smallest absolute Gasteiger partial charge is 0.456 e. The van der Waals surface area contributed by atoms with E-state index < -0.39 is 52.9 Å². The van der Waals surface area contributed by atoms with Crippen LogP contribution in [0.5, 0.6) is 11.5 Å². The van der Waals surface area contributed by atoms with E-state index in [1.54, 1.807) is 11.9 Å². The summed E-state index contributed by atoms with van der Waals surface area (Å²) in [5.41, 5.74) is 12.8. The van der Waals surface area contributed by atoms with Crippen LogP contribution >= 0.6 is 15.6 Å². The van der Waals surface area contributed by atoms with Crippen LogP contribution in [-0.2, 0) is 32.2 Å². The third kappa shape index (κ3) is 11.7. The molecule has 2 aromatic heterocycles. The number of hydrogen-bond donors (Lipinski definition) is 7. The topological polar surface area (TPSA) is 316 Å². The number of phosphoric ester groups is 1. The lowest BCUT2D eigenvalue weighted by atomic mass is 9.77. The van der Waals surface area contributed by atoms with Gasteiger partial charge in [0.2, 0.25) is 11.3 Å². The number of nitrogen functional groups attached to an aromatic ring is 1. The average molecular weight is 1150 g/mol. The van der Waals surface area contributed by atoms with E-state index in [9.17, 15) is 33.5 Å². The zero-order chi connectivity index (χ0) is 57.8. The molecular weight excluding hydrogens is 1070 g/mol. The first-order valence-electron chi connectivity index (χ1n) is 26.8. The molecule has 7 atom stereocenters. The van der Waals surface area contributed by atoms with E-state index >= 15 is 0 Å². The summed E-state index contributed by atoms with van der Waals surface area (Å²) < 4.78 is 54.2. The quantitative estimate of drug-likeness (QED) is 0.0341. The maximum absolute atomic E-state index is 14.7. The summed E-state index contributed by atoms with van der Waals surface area (Å²) in [6, 6.07) is 16.6. The van der Waals surface area contributed by atoms with Crippen LogP contribution in [0.2, 0.25) is 0 Å². The SMILES string of the molecule is CCN1c2cc3c(cc2C(C)CC1(C)C)C(c1ccccc1C(=O)N(C)CCCC(=O)NCCNC(=O)O[C@H]1[C@@H](O)[C@H](n2cnc4c(N)ncnc42)O[C@@H]1COP(=O)(O)OP(=O)(O)O)=c1cc2c(cc1O3)=[N+](CC)C(C)(C)CC2C. The number of amides is 3. The molecule has 3 unspecified atom stereocenters. The predicted molar refractivity (Wildman–Crippen MR) is 295 cm³/mol. The van der Waals surface area contributed by atoms with Crippen LogP contribution in [-0.4, -0.2) is 138 Å². The van der Waals surface area contributed by atoms with Crippen molar-refractivity contribution < 1.29 is 66.3 Å². The molecule has 3 aromatic carbocycles. The van der Waals surface area contributed by atoms with Crippen molar-refractivity contribution >= 4 is 61.8 Å². The van der Waals surface area contributed by atoms with Gasteiger partial charge < -0.3 is 60.2 Å². The lowest BCUT2D eigenvalue weighted by Crippen LogP contribution is -2.52. The summed E-state index contributed by atoms with van der Waals surface area (Å²) in [5.74, 6) is 1.47. The van der Waals surface area contributed by atoms with Gasteiger partial charge in [0.1, 0.15) is 42.1 Å². The Morgan fingerprint density at radius 2 is 1.66 bits per heavy atom. The third-order valence-corrected chi connectivity index (χ3v) is 17.7. The number of nitrogens with two attached hydrogens (primary N) is 1. The van der Waals surface area contributed by atoms with E-state index in [0.717, 1.165) is 76.7 Å². The number of rotatable bonds is 18. The number of carbonyl (C=O) groups excluding carboxylic acids is 3. The predicted octanol–water partition coefficient (Wildman–Crippen LogP) is 4.92. The van der Waals surface area contributed by atoms with E-state index in [2.05, 4.69) is 119 Å². The largest absolute Gasteiger partial charge is 0.481 e. The number of nitrogens with zero attached hydrogens (tertiary/aromatic N) is 7. The Morgan fingerprint density at radius 1 is 0.938 bits per heavy atom. The van der Waals surface area contributed by atoms with Crippen LogP contribution in [0.25, 0.3) is 16.7 Å². The fourth-order valence-electron chi connectivity index (χ4n) is 12.2. The zero-order valence-electron chi connectivity index (χ0n) is 46.3. The molecule has 1 saturated heterocycles. The molecule has 0 saturated carbocycles. The van der Waals surface area contributed by atoms with Crippen molar-refractivity contribution in [1.82, 2.24) is 39.6 Å². The van der Waals surface area contributed by atoms with Gasteiger partial charge in [-0.3, -0.25) is 18.7 Å². The molecule has 6 heterocycles. The monoisotopic (exact) mass is 1150 g/mol. The van der Waals surface area contributed by atoms with E-state index in [4.69, 9.17) is 34.3 Å². The molecule has 0 aliphatic carbocycles. The van der Waals surface area contributed by atoms with E-state index in [-0.39, 0.29) is 77.8 Å². The van der Waals surface area contributed by atoms with Gasteiger partial charge in [0.25, 0.3) is 5.91 Å². The van der Waals surface area contributed by atoms with Gasteiger partial charge in [0.15, 0.2) is 29.3 Å². The number of benzene rings is 3. The number of alkyl carbamates (subject to hydrolysis) is 1. The standard InChI is InChI=1S/C54H70N10O14P2/c1-10-63-38-23-40-36(21-34(38)30(3)25-53(63,5)6)44(37-22-35-31(4)26-54(7,8)64(11-2)39(35)24-41(37)75-40)32-15-12-13-16-33(32)50(67)61(9)20-14-17-43(65)56-18-19-57-52(68)77-47-42(27-74-80(72,73)78-79(69,70)71)76-51(46(47)66)62-29-60-45-48(55)58-28-59-49(45)62/h12-13,15-16,21-24,28-31,42,46-47,51,66H,10-11,14,17-20,25-27H2,1-9H3,(H6-,55,56,57,58,59,65,68,69,70,71,72,73)/p+1/t30?,31?,42-,46-,47-,51-/m1/s1. The van der Waals surface area contributed by atoms with Crippen molar-refractivity contribution in [2.75, 3.05) is 57.0 Å². The zero-order valence-corrected chi connectivity index (χ0v) is 48.1. The maximum Gasteiger partial charge on any atom is 0.481 e. The van der Waals surface area contributed by atoms with Gasteiger partial charge in [0.05, 0.1) is 19.0 Å². The maximum atomic E-state index is 14.7. The van der Waals surface area contributed by atoms with Crippen molar-refractivity contribution in [3.63, 3.8) is 0 Å². The number of nitrogens with one attached hydrogen (secondary N) is 2. The molecule has 8 N–H and O–H groups in total. The molecule has 4 aliphatic rings. The van der Waals surface area contributed by atoms with Crippen molar-refractivity contribution in [1.29, 1.82) is 0 Å². The lowest BCUT2D eigenvalue weighted by molar-refractivity contribution is -0.121. The number of aliphatic hydroxyl groups is 1. The van der Waals surface area contributed by atoms with Gasteiger partial charge in [-0.1, -0.05) is 32.0 Å². The summed E-state index contributed by atoms with van der Waals surface area (Å²) in [6.07, 6.45) is -2.63. The Hall–Kier alpha value is -6.33. The summed E-state index contributed by atoms with van der Waals surface area (Å²) in [5, 5.41) is 18.6. The molecule has 4 aliphatic heterocycles. The lowest BCUT2D eigenvalue weighted by Gasteiger charge is -2.47. The number of imidazole rings is 1. The first-order chi connectivity index (χ1) is 37.7. The Labute approximate surface area is 462 Å². The van der Waals surface area contributed by atoms with Gasteiger partial charge in [-0.25, -0.2) is 33.5 Å². The number of carbonyl (C=O) groups is 3. The van der Waals surface area contributed by atoms with Crippen LogP contribution in [0.1, 0.15) is 132 Å². The number of anilines is 2. The van der Waals surface area contributed by atoms with E-state index in [1.807, 2.05) is 24.3 Å². The summed E-state index contributed by atoms with van der Waals surface area (Å²) >= 11 is 0. The van der Waals surface area contributed by atoms with Gasteiger partial charge >= 0.3 is 21.7 Å². The Bertz CT molecular complexity index is 3480. The molecule has 1 fully saturated rings. The van der Waals surface area contributed by atoms with Crippen LogP contribution < -0.4 is 41.2 Å². The van der Waals surface area contributed by atoms with Crippen LogP contribution in [0.15, 0.2) is 61.2 Å². The van der Waals surface area contributed by atoms with Crippen molar-refractivity contribution in [2.24, 2.45) is 0 Å². The third-order valence-electron chi connectivity index (χ3n) is 15.6. The van der Waals surface area contributed by atoms with E-state index in [1.165, 1.54) is 22.0 Å². The molecule has 24 nitrogen and oxygen atoms in total. The Balaban J connectivity index is 0.868. The fourth-order valence-corrected chi connectivity index (χ4v) is 13.8. The summed E-state index contributed by atoms with van der Waals surface area (Å²) in [6.45, 7) is 18.9. The molecular formula is C54H71N10O14P2+. The molecule has 0 bridgehead atoms. The average Bonchev–Trinajstić information content (AvgIpc) is 3.99. The van der Waals surface area contributed by atoms with Crippen LogP contribution in [0.4, 0.5) is 16.3 Å². The highest BCUT2D eigenvalue weighted by molar-refractivity contribution is 7.60. The minimum Gasteiger partial charge on any atom is -0.456 e. The second kappa shape index (κ2) is 22.5. The van der Waals surface area contributed by atoms with Crippen molar-refractivity contribution in [3.05, 3.63) is 99.6 Å². The molecule has 0 radical (unpaired) electrons. The molecule has 3 amide bonds. The Kier molecular flexibility index (Phi) is 16.4. The van der Waals surface area contributed by atoms with Gasteiger partial charge in [-0.2, -0.15) is 4.31 Å². The van der Waals surface area contributed by atoms with Gasteiger partial charge in [-0.15, -0.1) is 0 Å². The number of aromatic nitrogens is 4. The first-order valence-corrected chi connectivity index (χ1v) is 29.8. The highest BCUT2D eigenvalue weighted by atomic mass is 31.3. The van der Waals surface area contributed by atoms with Gasteiger partial charge in [0, 0.05) is 90.8 Å². The normalized spacial score (nSPS) is 22.5. The number of hydrogen-bond acceptors (Lipinski definition) is 16. The molecule has 80 heavy (non-hydrogen) atoms. The highest BCUT2D eigenvalue weighted by Gasteiger charge is 2.49. The molecule has 430 valence electrons. The first kappa shape index (κ1) is 58.3. The van der Waals surface area contributed by atoms with Crippen LogP contribution in [0.3, 0.4) is 0 Å². The number of aliphatic hydroxyl groups excluding tert-OH is 1. The molecule has 26 heteroatoms. The second-order valence-corrected chi connectivity index (χ2v) is 24.9. The summed E-state index contributed by atoms with van der Waals surface area (Å²) in [4.78, 5) is 85.1. The second-order valence-electron chi connectivity index (χ2n) is 22.1. The van der Waals surface area contributed by atoms with Crippen molar-refractivity contribution in [2.45, 2.75) is 129 Å². The number of fused-ring (bicyclic) bond motifs is 5. The molecule has 5 aromatic rings. The fraction of sp³-hybridized carbons (Fsp3) is 0.500. The van der Waals surface area contributed by atoms with Crippen molar-refractivity contribution in [3.8, 4) is 11.5 Å². The van der Waals surface area contributed by atoms with Gasteiger partial charge in [-0.05, 0) is 95.5 Å².